The van der Waals surface area contributed by atoms with Gasteiger partial charge < -0.3 is 0 Å². The van der Waals surface area contributed by atoms with E-state index in [1.807, 2.05) is 18.2 Å². The van der Waals surface area contributed by atoms with Gasteiger partial charge in [-0.15, -0.1) is 11.5 Å². The third-order valence-electron chi connectivity index (χ3n) is 4.54. The molecule has 0 unspecified atom stereocenters. The lowest BCUT2D eigenvalue weighted by atomic mass is 9.74. The number of fused-ring (bicyclic) bond motifs is 3. The lowest BCUT2D eigenvalue weighted by Gasteiger charge is -2.30. The van der Waals surface area contributed by atoms with Crippen LogP contribution in [-0.2, 0) is 5.54 Å². The lowest BCUT2D eigenvalue weighted by Crippen LogP contribution is -2.42. The van der Waals surface area contributed by atoms with E-state index in [4.69, 9.17) is 0 Å². The summed E-state index contributed by atoms with van der Waals surface area (Å²) in [5.74, 6) is 2.89. The number of hydrogen-bond acceptors (Lipinski definition) is 3. The molecular formula is C18H20N2O2Si. The molecule has 118 valence electrons. The fourth-order valence-corrected chi connectivity index (χ4v) is 4.12. The molecule has 2 aliphatic rings. The van der Waals surface area contributed by atoms with Crippen LogP contribution in [-0.4, -0.2) is 18.0 Å². The van der Waals surface area contributed by atoms with Crippen molar-refractivity contribution in [2.75, 3.05) is 0 Å². The van der Waals surface area contributed by atoms with Crippen LogP contribution >= 0.6 is 0 Å². The fraction of sp³-hybridized carbons (Fsp3) is 0.389. The molecule has 3 atom stereocenters. The molecule has 0 amide bonds. The summed E-state index contributed by atoms with van der Waals surface area (Å²) in [6.45, 7) is 10.6. The van der Waals surface area contributed by atoms with E-state index in [0.717, 1.165) is 5.57 Å². The number of nitro groups is 1. The molecule has 0 bridgehead atoms. The predicted molar refractivity (Wildman–Crippen MR) is 93.8 cm³/mol. The number of hydrogen-bond donors (Lipinski definition) is 0. The highest BCUT2D eigenvalue weighted by Crippen LogP contribution is 2.54. The van der Waals surface area contributed by atoms with Gasteiger partial charge in [0.2, 0.25) is 0 Å². The van der Waals surface area contributed by atoms with Gasteiger partial charge in [0, 0.05) is 17.5 Å². The molecule has 1 saturated carbocycles. The summed E-state index contributed by atoms with van der Waals surface area (Å²) < 4.78 is 0. The van der Waals surface area contributed by atoms with Gasteiger partial charge in [-0.2, -0.15) is 0 Å². The highest BCUT2D eigenvalue weighted by molar-refractivity contribution is 6.83. The van der Waals surface area contributed by atoms with Crippen LogP contribution in [0, 0.1) is 33.4 Å². The Balaban J connectivity index is 2.15. The molecule has 1 aromatic rings. The van der Waals surface area contributed by atoms with Crippen LogP contribution in [0.25, 0.3) is 6.08 Å². The topological polar surface area (TPSA) is 56.0 Å². The summed E-state index contributed by atoms with van der Waals surface area (Å²) in [6, 6.07) is 3.59. The Kier molecular flexibility index (Phi) is 3.53. The fourth-order valence-electron chi connectivity index (χ4n) is 3.53. The molecule has 0 aliphatic heterocycles. The Labute approximate surface area is 137 Å². The molecule has 1 aromatic heterocycles. The smallest absolute Gasteiger partial charge is 0.260 e. The highest BCUT2D eigenvalue weighted by Gasteiger charge is 2.61. The van der Waals surface area contributed by atoms with Crippen LogP contribution < -0.4 is 0 Å². The molecule has 3 rings (SSSR count). The van der Waals surface area contributed by atoms with E-state index in [1.54, 1.807) is 12.3 Å². The molecule has 0 saturated heterocycles. The summed E-state index contributed by atoms with van der Waals surface area (Å²) in [5, 5.41) is 12.1. The Morgan fingerprint density at radius 2 is 2.22 bits per heavy atom. The Morgan fingerprint density at radius 3 is 2.87 bits per heavy atom. The maximum absolute atomic E-state index is 12.1. The monoisotopic (exact) mass is 324 g/mol. The first-order chi connectivity index (χ1) is 10.8. The van der Waals surface area contributed by atoms with Crippen molar-refractivity contribution in [1.82, 2.24) is 4.98 Å². The minimum atomic E-state index is -1.54. The van der Waals surface area contributed by atoms with Crippen LogP contribution in [0.3, 0.4) is 0 Å². The van der Waals surface area contributed by atoms with Crippen LogP contribution in [0.5, 0.6) is 0 Å². The van der Waals surface area contributed by atoms with Gasteiger partial charge in [0.15, 0.2) is 0 Å². The molecule has 1 fully saturated rings. The molecule has 4 nitrogen and oxygen atoms in total. The van der Waals surface area contributed by atoms with Crippen molar-refractivity contribution in [3.63, 3.8) is 0 Å². The quantitative estimate of drug-likeness (QED) is 0.260. The van der Waals surface area contributed by atoms with Gasteiger partial charge in [-0.1, -0.05) is 37.9 Å². The zero-order valence-corrected chi connectivity index (χ0v) is 14.7. The summed E-state index contributed by atoms with van der Waals surface area (Å²) in [4.78, 5) is 16.2. The second-order valence-corrected chi connectivity index (χ2v) is 12.1. The van der Waals surface area contributed by atoms with Crippen LogP contribution in [0.4, 0.5) is 0 Å². The number of aromatic nitrogens is 1. The first-order valence-corrected chi connectivity index (χ1v) is 11.2. The molecule has 23 heavy (non-hydrogen) atoms. The maximum atomic E-state index is 12.1. The van der Waals surface area contributed by atoms with Gasteiger partial charge in [0.25, 0.3) is 5.54 Å². The Hall–Kier alpha value is -2.19. The SMILES string of the molecule is C=C1C[C@@]2([N+](=O)[O-])c3cccnc3C=C[C@H]2[C@@H]1C#C[Si](C)(C)C. The number of nitrogens with zero attached hydrogens (tertiary/aromatic N) is 2. The van der Waals surface area contributed by atoms with Crippen molar-refractivity contribution < 1.29 is 4.92 Å². The van der Waals surface area contributed by atoms with E-state index in [-0.39, 0.29) is 16.8 Å². The van der Waals surface area contributed by atoms with Gasteiger partial charge in [0.1, 0.15) is 8.07 Å². The summed E-state index contributed by atoms with van der Waals surface area (Å²) in [6.07, 6.45) is 5.81. The van der Waals surface area contributed by atoms with Crippen molar-refractivity contribution in [3.05, 3.63) is 57.9 Å². The van der Waals surface area contributed by atoms with Gasteiger partial charge in [-0.05, 0) is 18.2 Å². The van der Waals surface area contributed by atoms with Gasteiger partial charge in [-0.3, -0.25) is 15.1 Å². The van der Waals surface area contributed by atoms with Crippen molar-refractivity contribution in [3.8, 4) is 11.5 Å². The van der Waals surface area contributed by atoms with Crippen molar-refractivity contribution >= 4 is 14.1 Å². The molecule has 0 N–H and O–H groups in total. The zero-order valence-electron chi connectivity index (χ0n) is 13.7. The van der Waals surface area contributed by atoms with Crippen molar-refractivity contribution in [1.29, 1.82) is 0 Å². The Morgan fingerprint density at radius 1 is 1.48 bits per heavy atom. The minimum absolute atomic E-state index is 0.150. The summed E-state index contributed by atoms with van der Waals surface area (Å²) >= 11 is 0. The molecule has 1 heterocycles. The molecule has 0 aromatic carbocycles. The maximum Gasteiger partial charge on any atom is 0.260 e. The zero-order chi connectivity index (χ0) is 16.8. The van der Waals surface area contributed by atoms with Crippen LogP contribution in [0.15, 0.2) is 36.6 Å². The van der Waals surface area contributed by atoms with Gasteiger partial charge in [0.05, 0.1) is 23.1 Å². The van der Waals surface area contributed by atoms with E-state index < -0.39 is 13.6 Å². The standard InChI is InChI=1S/C18H20N2O2Si/c1-13-12-18(20(21)22)15(14(13)9-11-23(2,3)4)7-8-17-16(18)6-5-10-19-17/h5-8,10,14-15H,1,12H2,2-4H3/t14-,15+,18+/m1/s1. The summed E-state index contributed by atoms with van der Waals surface area (Å²) in [7, 11) is -1.54. The molecule has 0 radical (unpaired) electrons. The van der Waals surface area contributed by atoms with E-state index in [1.165, 1.54) is 0 Å². The molecule has 0 spiro atoms. The van der Waals surface area contributed by atoms with E-state index in [2.05, 4.69) is 42.7 Å². The third kappa shape index (κ3) is 2.43. The Bertz CT molecular complexity index is 782. The first kappa shape index (κ1) is 15.7. The second kappa shape index (κ2) is 5.17. The van der Waals surface area contributed by atoms with E-state index >= 15 is 0 Å². The van der Waals surface area contributed by atoms with E-state index in [0.29, 0.717) is 17.7 Å². The molecular weight excluding hydrogens is 304 g/mol. The lowest BCUT2D eigenvalue weighted by molar-refractivity contribution is -0.585. The minimum Gasteiger partial charge on any atom is -0.264 e. The van der Waals surface area contributed by atoms with Crippen molar-refractivity contribution in [2.45, 2.75) is 31.6 Å². The first-order valence-electron chi connectivity index (χ1n) is 7.74. The predicted octanol–water partition coefficient (Wildman–Crippen LogP) is 3.65. The molecule has 5 heteroatoms. The van der Waals surface area contributed by atoms with Crippen LogP contribution in [0.2, 0.25) is 19.6 Å². The van der Waals surface area contributed by atoms with Crippen LogP contribution in [0.1, 0.15) is 17.7 Å². The average molecular weight is 324 g/mol. The van der Waals surface area contributed by atoms with Gasteiger partial charge in [-0.25, -0.2) is 0 Å². The summed E-state index contributed by atoms with van der Waals surface area (Å²) in [5.41, 5.74) is 4.43. The van der Waals surface area contributed by atoms with Gasteiger partial charge >= 0.3 is 0 Å². The normalized spacial score (nSPS) is 28.6. The average Bonchev–Trinajstić information content (AvgIpc) is 2.77. The second-order valence-electron chi connectivity index (χ2n) is 7.33. The molecule has 2 aliphatic carbocycles. The third-order valence-corrected chi connectivity index (χ3v) is 5.44. The van der Waals surface area contributed by atoms with Crippen molar-refractivity contribution in [2.24, 2.45) is 11.8 Å². The largest absolute Gasteiger partial charge is 0.264 e. The van der Waals surface area contributed by atoms with E-state index in [9.17, 15) is 10.1 Å². The number of pyridine rings is 1. The highest BCUT2D eigenvalue weighted by atomic mass is 28.3. The number of rotatable bonds is 1.